The lowest BCUT2D eigenvalue weighted by Crippen LogP contribution is -2.16. The van der Waals surface area contributed by atoms with Crippen molar-refractivity contribution in [3.63, 3.8) is 0 Å². The van der Waals surface area contributed by atoms with Crippen molar-refractivity contribution in [2.75, 3.05) is 4.43 Å². The summed E-state index contributed by atoms with van der Waals surface area (Å²) >= 11 is 2.22. The van der Waals surface area contributed by atoms with E-state index in [2.05, 4.69) is 22.6 Å². The number of hydrogen-bond acceptors (Lipinski definition) is 1. The third-order valence-corrected chi connectivity index (χ3v) is 2.75. The van der Waals surface area contributed by atoms with Crippen LogP contribution in [0.5, 0.6) is 0 Å². The summed E-state index contributed by atoms with van der Waals surface area (Å²) in [4.78, 5) is 10.9. The topological polar surface area (TPSA) is 37.3 Å². The second-order valence-electron chi connectivity index (χ2n) is 3.20. The molecule has 2 nitrogen and oxygen atoms in total. The number of carboxylic acid groups (broad SMARTS) is 1. The van der Waals surface area contributed by atoms with Crippen LogP contribution in [-0.2, 0) is 11.2 Å². The summed E-state index contributed by atoms with van der Waals surface area (Å²) in [6.45, 7) is 0. The Balaban J connectivity index is 2.60. The highest BCUT2D eigenvalue weighted by molar-refractivity contribution is 14.1. The van der Waals surface area contributed by atoms with Gasteiger partial charge in [0.15, 0.2) is 0 Å². The first kappa shape index (κ1) is 11.5. The number of aliphatic carboxylic acids is 1. The van der Waals surface area contributed by atoms with Gasteiger partial charge >= 0.3 is 5.97 Å². The van der Waals surface area contributed by atoms with Crippen LogP contribution < -0.4 is 0 Å². The largest absolute Gasteiger partial charge is 0.481 e. The van der Waals surface area contributed by atoms with Crippen LogP contribution in [0.15, 0.2) is 30.3 Å². The van der Waals surface area contributed by atoms with Crippen LogP contribution in [0.1, 0.15) is 12.0 Å². The van der Waals surface area contributed by atoms with Crippen LogP contribution >= 0.6 is 22.6 Å². The highest BCUT2D eigenvalue weighted by Crippen LogP contribution is 2.13. The molecule has 0 aliphatic carbocycles. The normalized spacial score (nSPS) is 12.4. The van der Waals surface area contributed by atoms with Gasteiger partial charge in [-0.05, 0) is 18.4 Å². The van der Waals surface area contributed by atoms with Crippen LogP contribution in [0, 0.1) is 5.92 Å². The fourth-order valence-corrected chi connectivity index (χ4v) is 2.09. The molecule has 0 aromatic heterocycles. The molecule has 0 saturated carbocycles. The van der Waals surface area contributed by atoms with E-state index in [-0.39, 0.29) is 5.92 Å². The maximum Gasteiger partial charge on any atom is 0.306 e. The SMILES string of the molecule is O=C(O)C(CCI)Cc1ccccc1. The van der Waals surface area contributed by atoms with Crippen molar-refractivity contribution in [1.29, 1.82) is 0 Å². The second-order valence-corrected chi connectivity index (χ2v) is 4.28. The van der Waals surface area contributed by atoms with Gasteiger partial charge in [0.1, 0.15) is 0 Å². The molecule has 1 aromatic rings. The second kappa shape index (κ2) is 6.01. The van der Waals surface area contributed by atoms with Crippen LogP contribution in [0.4, 0.5) is 0 Å². The third kappa shape index (κ3) is 3.65. The lowest BCUT2D eigenvalue weighted by atomic mass is 9.97. The van der Waals surface area contributed by atoms with Crippen molar-refractivity contribution in [1.82, 2.24) is 0 Å². The Morgan fingerprint density at radius 2 is 2.00 bits per heavy atom. The number of carbonyl (C=O) groups is 1. The first-order chi connectivity index (χ1) is 6.74. The maximum atomic E-state index is 10.9. The molecule has 1 unspecified atom stereocenters. The molecular formula is C11H13IO2. The number of halogens is 1. The molecule has 3 heteroatoms. The molecule has 0 heterocycles. The van der Waals surface area contributed by atoms with Gasteiger partial charge in [-0.2, -0.15) is 0 Å². The fraction of sp³-hybridized carbons (Fsp3) is 0.364. The van der Waals surface area contributed by atoms with Crippen molar-refractivity contribution < 1.29 is 9.90 Å². The molecule has 0 amide bonds. The monoisotopic (exact) mass is 304 g/mol. The minimum atomic E-state index is -0.689. The number of carboxylic acids is 1. The molecule has 0 aliphatic rings. The summed E-state index contributed by atoms with van der Waals surface area (Å²) in [6.07, 6.45) is 1.38. The molecule has 1 atom stereocenters. The Morgan fingerprint density at radius 3 is 2.50 bits per heavy atom. The molecule has 1 rings (SSSR count). The molecule has 0 radical (unpaired) electrons. The van der Waals surface area contributed by atoms with E-state index in [1.54, 1.807) is 0 Å². The van der Waals surface area contributed by atoms with Crippen molar-refractivity contribution in [3.05, 3.63) is 35.9 Å². The van der Waals surface area contributed by atoms with E-state index in [9.17, 15) is 4.79 Å². The summed E-state index contributed by atoms with van der Waals surface area (Å²) in [5, 5.41) is 8.96. The van der Waals surface area contributed by atoms with E-state index in [1.165, 1.54) is 0 Å². The first-order valence-electron chi connectivity index (χ1n) is 4.56. The Hall–Kier alpha value is -0.580. The zero-order valence-corrected chi connectivity index (χ0v) is 9.98. The Morgan fingerprint density at radius 1 is 1.36 bits per heavy atom. The first-order valence-corrected chi connectivity index (χ1v) is 6.09. The van der Waals surface area contributed by atoms with E-state index in [1.807, 2.05) is 30.3 Å². The van der Waals surface area contributed by atoms with Gasteiger partial charge in [-0.1, -0.05) is 52.9 Å². The van der Waals surface area contributed by atoms with Crippen LogP contribution in [0.2, 0.25) is 0 Å². The Labute approximate surface area is 97.5 Å². The molecule has 0 aliphatic heterocycles. The number of benzene rings is 1. The zero-order chi connectivity index (χ0) is 10.4. The summed E-state index contributed by atoms with van der Waals surface area (Å²) in [6, 6.07) is 9.78. The lowest BCUT2D eigenvalue weighted by Gasteiger charge is -2.10. The van der Waals surface area contributed by atoms with E-state index in [0.29, 0.717) is 6.42 Å². The van der Waals surface area contributed by atoms with Gasteiger partial charge in [0.25, 0.3) is 0 Å². The van der Waals surface area contributed by atoms with Crippen molar-refractivity contribution in [2.24, 2.45) is 5.92 Å². The number of hydrogen-bond donors (Lipinski definition) is 1. The molecule has 1 aromatic carbocycles. The average molecular weight is 304 g/mol. The van der Waals surface area contributed by atoms with Crippen molar-refractivity contribution in [3.8, 4) is 0 Å². The van der Waals surface area contributed by atoms with E-state index >= 15 is 0 Å². The Kier molecular flexibility index (Phi) is 4.93. The predicted molar refractivity (Wildman–Crippen MR) is 64.8 cm³/mol. The van der Waals surface area contributed by atoms with Gasteiger partial charge < -0.3 is 5.11 Å². The van der Waals surface area contributed by atoms with Gasteiger partial charge in [0.2, 0.25) is 0 Å². The average Bonchev–Trinajstić information content (AvgIpc) is 2.18. The van der Waals surface area contributed by atoms with Crippen LogP contribution in [0.3, 0.4) is 0 Å². The van der Waals surface area contributed by atoms with E-state index < -0.39 is 5.97 Å². The van der Waals surface area contributed by atoms with Crippen molar-refractivity contribution >= 4 is 28.6 Å². The molecule has 0 spiro atoms. The highest BCUT2D eigenvalue weighted by Gasteiger charge is 2.16. The molecule has 14 heavy (non-hydrogen) atoms. The minimum absolute atomic E-state index is 0.241. The number of rotatable bonds is 5. The lowest BCUT2D eigenvalue weighted by molar-refractivity contribution is -0.141. The molecule has 76 valence electrons. The number of alkyl halides is 1. The fourth-order valence-electron chi connectivity index (χ4n) is 1.34. The van der Waals surface area contributed by atoms with Crippen LogP contribution in [-0.4, -0.2) is 15.5 Å². The van der Waals surface area contributed by atoms with Gasteiger partial charge in [-0.25, -0.2) is 0 Å². The molecule has 0 saturated heterocycles. The van der Waals surface area contributed by atoms with Gasteiger partial charge in [-0.15, -0.1) is 0 Å². The van der Waals surface area contributed by atoms with Gasteiger partial charge in [-0.3, -0.25) is 4.79 Å². The third-order valence-electron chi connectivity index (χ3n) is 2.13. The molecule has 1 N–H and O–H groups in total. The van der Waals surface area contributed by atoms with Crippen LogP contribution in [0.25, 0.3) is 0 Å². The standard InChI is InChI=1S/C11H13IO2/c12-7-6-10(11(13)14)8-9-4-2-1-3-5-9/h1-5,10H,6-8H2,(H,13,14). The summed E-state index contributed by atoms with van der Waals surface area (Å²) in [5.41, 5.74) is 1.10. The van der Waals surface area contributed by atoms with E-state index in [0.717, 1.165) is 16.4 Å². The van der Waals surface area contributed by atoms with Crippen molar-refractivity contribution in [2.45, 2.75) is 12.8 Å². The smallest absolute Gasteiger partial charge is 0.306 e. The summed E-state index contributed by atoms with van der Waals surface area (Å²) in [7, 11) is 0. The molecular weight excluding hydrogens is 291 g/mol. The summed E-state index contributed by atoms with van der Waals surface area (Å²) < 4.78 is 0.890. The van der Waals surface area contributed by atoms with Gasteiger partial charge in [0.05, 0.1) is 5.92 Å². The minimum Gasteiger partial charge on any atom is -0.481 e. The molecule has 0 bridgehead atoms. The molecule has 0 fully saturated rings. The Bertz CT molecular complexity index is 285. The summed E-state index contributed by atoms with van der Waals surface area (Å²) in [5.74, 6) is -0.931. The van der Waals surface area contributed by atoms with Gasteiger partial charge in [0, 0.05) is 4.43 Å². The quantitative estimate of drug-likeness (QED) is 0.671. The predicted octanol–water partition coefficient (Wildman–Crippen LogP) is 2.76. The zero-order valence-electron chi connectivity index (χ0n) is 7.82. The maximum absolute atomic E-state index is 10.9. The van der Waals surface area contributed by atoms with E-state index in [4.69, 9.17) is 5.11 Å². The highest BCUT2D eigenvalue weighted by atomic mass is 127.